The van der Waals surface area contributed by atoms with Crippen molar-refractivity contribution in [3.05, 3.63) is 41.1 Å². The lowest BCUT2D eigenvalue weighted by atomic mass is 10.2. The first-order valence-electron chi connectivity index (χ1n) is 6.29. The van der Waals surface area contributed by atoms with E-state index in [1.807, 2.05) is 0 Å². The van der Waals surface area contributed by atoms with E-state index in [9.17, 15) is 13.2 Å². The minimum absolute atomic E-state index is 0.0918. The summed E-state index contributed by atoms with van der Waals surface area (Å²) in [5.41, 5.74) is 0.795. The number of aliphatic hydroxyl groups excluding tert-OH is 1. The molecule has 0 unspecified atom stereocenters. The Morgan fingerprint density at radius 3 is 2.62 bits per heavy atom. The molecule has 0 aliphatic rings. The maximum absolute atomic E-state index is 12.8. The van der Waals surface area contributed by atoms with E-state index in [1.54, 1.807) is 6.92 Å². The van der Waals surface area contributed by atoms with Crippen LogP contribution in [0.2, 0.25) is 0 Å². The van der Waals surface area contributed by atoms with Crippen molar-refractivity contribution < 1.29 is 23.0 Å². The highest BCUT2D eigenvalue weighted by molar-refractivity contribution is 5.43. The number of aliphatic hydroxyl groups is 1. The molecule has 2 aromatic rings. The maximum atomic E-state index is 12.8. The highest BCUT2D eigenvalue weighted by Gasteiger charge is 2.31. The van der Waals surface area contributed by atoms with Gasteiger partial charge in [-0.25, -0.2) is 4.68 Å². The third-order valence-electron chi connectivity index (χ3n) is 3.11. The van der Waals surface area contributed by atoms with Crippen LogP contribution in [0.1, 0.15) is 16.8 Å². The molecule has 0 saturated heterocycles. The predicted octanol–water partition coefficient (Wildman–Crippen LogP) is 2.74. The molecule has 1 aromatic heterocycles. The number of hydrogen-bond donors (Lipinski definition) is 1. The van der Waals surface area contributed by atoms with Crippen LogP contribution in [0.25, 0.3) is 5.69 Å². The molecule has 0 radical (unpaired) electrons. The number of methoxy groups -OCH3 is 1. The van der Waals surface area contributed by atoms with Gasteiger partial charge in [-0.2, -0.15) is 18.3 Å². The van der Waals surface area contributed by atoms with Gasteiger partial charge in [-0.15, -0.1) is 0 Å². The van der Waals surface area contributed by atoms with E-state index in [2.05, 4.69) is 5.10 Å². The SMILES string of the molecule is COc1c(CCO)c(C)nn1-c1cccc(C(F)(F)F)c1. The van der Waals surface area contributed by atoms with Crippen LogP contribution in [-0.2, 0) is 12.6 Å². The second-order valence-corrected chi connectivity index (χ2v) is 4.51. The van der Waals surface area contributed by atoms with Gasteiger partial charge < -0.3 is 9.84 Å². The number of aromatic nitrogens is 2. The van der Waals surface area contributed by atoms with Crippen molar-refractivity contribution in [3.63, 3.8) is 0 Å². The molecule has 0 saturated carbocycles. The molecule has 1 aromatic carbocycles. The lowest BCUT2D eigenvalue weighted by Crippen LogP contribution is -2.07. The second-order valence-electron chi connectivity index (χ2n) is 4.51. The van der Waals surface area contributed by atoms with Gasteiger partial charge in [-0.3, -0.25) is 0 Å². The Labute approximate surface area is 119 Å². The first-order chi connectivity index (χ1) is 9.88. The van der Waals surface area contributed by atoms with Gasteiger partial charge in [0.05, 0.1) is 24.1 Å². The van der Waals surface area contributed by atoms with Gasteiger partial charge >= 0.3 is 6.18 Å². The van der Waals surface area contributed by atoms with Crippen LogP contribution in [0.5, 0.6) is 5.88 Å². The van der Waals surface area contributed by atoms with Crippen molar-refractivity contribution in [2.24, 2.45) is 0 Å². The van der Waals surface area contributed by atoms with Crippen molar-refractivity contribution >= 4 is 0 Å². The molecular formula is C14H15F3N2O2. The Kier molecular flexibility index (Phi) is 4.22. The molecule has 21 heavy (non-hydrogen) atoms. The van der Waals surface area contributed by atoms with E-state index < -0.39 is 11.7 Å². The van der Waals surface area contributed by atoms with Gasteiger partial charge in [0.2, 0.25) is 5.88 Å². The van der Waals surface area contributed by atoms with Crippen LogP contribution in [0.15, 0.2) is 24.3 Å². The Morgan fingerprint density at radius 1 is 1.33 bits per heavy atom. The lowest BCUT2D eigenvalue weighted by molar-refractivity contribution is -0.137. The first kappa shape index (κ1) is 15.4. The average molecular weight is 300 g/mol. The molecule has 4 nitrogen and oxygen atoms in total. The number of benzene rings is 1. The zero-order chi connectivity index (χ0) is 15.6. The number of rotatable bonds is 4. The molecule has 0 atom stereocenters. The fourth-order valence-electron chi connectivity index (χ4n) is 2.14. The fraction of sp³-hybridized carbons (Fsp3) is 0.357. The molecule has 0 amide bonds. The fourth-order valence-corrected chi connectivity index (χ4v) is 2.14. The molecule has 0 fully saturated rings. The molecule has 114 valence electrons. The smallest absolute Gasteiger partial charge is 0.416 e. The largest absolute Gasteiger partial charge is 0.481 e. The topological polar surface area (TPSA) is 47.3 Å². The molecule has 1 N–H and O–H groups in total. The molecule has 7 heteroatoms. The van der Waals surface area contributed by atoms with Gasteiger partial charge in [0.25, 0.3) is 0 Å². The molecule has 0 spiro atoms. The Bertz CT molecular complexity index is 636. The van der Waals surface area contributed by atoms with Crippen molar-refractivity contribution in [2.45, 2.75) is 19.5 Å². The van der Waals surface area contributed by atoms with Crippen LogP contribution < -0.4 is 4.74 Å². The molecule has 0 bridgehead atoms. The van der Waals surface area contributed by atoms with E-state index in [0.29, 0.717) is 23.6 Å². The summed E-state index contributed by atoms with van der Waals surface area (Å²) in [6.45, 7) is 1.63. The van der Waals surface area contributed by atoms with Crippen LogP contribution in [0.3, 0.4) is 0 Å². The Hall–Kier alpha value is -2.02. The predicted molar refractivity (Wildman–Crippen MR) is 70.6 cm³/mol. The number of alkyl halides is 3. The van der Waals surface area contributed by atoms with Crippen LogP contribution >= 0.6 is 0 Å². The van der Waals surface area contributed by atoms with Gasteiger partial charge in [-0.05, 0) is 25.1 Å². The minimum Gasteiger partial charge on any atom is -0.481 e. The van der Waals surface area contributed by atoms with E-state index in [1.165, 1.54) is 23.9 Å². The summed E-state index contributed by atoms with van der Waals surface area (Å²) in [5, 5.41) is 13.3. The average Bonchev–Trinajstić information content (AvgIpc) is 2.75. The number of ether oxygens (including phenoxy) is 1. The first-order valence-corrected chi connectivity index (χ1v) is 6.29. The summed E-state index contributed by atoms with van der Waals surface area (Å²) < 4.78 is 44.9. The van der Waals surface area contributed by atoms with Gasteiger partial charge in [0.1, 0.15) is 0 Å². The third kappa shape index (κ3) is 3.02. The highest BCUT2D eigenvalue weighted by Crippen LogP contribution is 2.32. The zero-order valence-corrected chi connectivity index (χ0v) is 11.6. The normalized spacial score (nSPS) is 11.7. The Balaban J connectivity index is 2.54. The summed E-state index contributed by atoms with van der Waals surface area (Å²) >= 11 is 0. The van der Waals surface area contributed by atoms with E-state index in [0.717, 1.165) is 12.1 Å². The third-order valence-corrected chi connectivity index (χ3v) is 3.11. The summed E-state index contributed by atoms with van der Waals surface area (Å²) in [6.07, 6.45) is -4.09. The molecule has 1 heterocycles. The monoisotopic (exact) mass is 300 g/mol. The zero-order valence-electron chi connectivity index (χ0n) is 11.6. The summed E-state index contributed by atoms with van der Waals surface area (Å²) in [7, 11) is 1.42. The van der Waals surface area contributed by atoms with Gasteiger partial charge in [0.15, 0.2) is 0 Å². The molecule has 2 rings (SSSR count). The van der Waals surface area contributed by atoms with Gasteiger partial charge in [0, 0.05) is 18.6 Å². The standard InChI is InChI=1S/C14H15F3N2O2/c1-9-12(6-7-20)13(21-2)19(18-9)11-5-3-4-10(8-11)14(15,16)17/h3-5,8,20H,6-7H2,1-2H3. The van der Waals surface area contributed by atoms with E-state index >= 15 is 0 Å². The summed E-state index contributed by atoms with van der Waals surface area (Å²) in [6, 6.07) is 4.85. The maximum Gasteiger partial charge on any atom is 0.416 e. The number of aryl methyl sites for hydroxylation is 1. The second kappa shape index (κ2) is 5.77. The van der Waals surface area contributed by atoms with Crippen molar-refractivity contribution in [2.75, 3.05) is 13.7 Å². The number of halogens is 3. The van der Waals surface area contributed by atoms with E-state index in [4.69, 9.17) is 9.84 Å². The van der Waals surface area contributed by atoms with E-state index in [-0.39, 0.29) is 12.3 Å². The molecule has 0 aliphatic heterocycles. The summed E-state index contributed by atoms with van der Waals surface area (Å²) in [4.78, 5) is 0. The van der Waals surface area contributed by atoms with Crippen molar-refractivity contribution in [3.8, 4) is 11.6 Å². The van der Waals surface area contributed by atoms with Gasteiger partial charge in [-0.1, -0.05) is 6.07 Å². The lowest BCUT2D eigenvalue weighted by Gasteiger charge is -2.11. The van der Waals surface area contributed by atoms with Crippen LogP contribution in [0, 0.1) is 6.92 Å². The highest BCUT2D eigenvalue weighted by atomic mass is 19.4. The van der Waals surface area contributed by atoms with Crippen LogP contribution in [-0.4, -0.2) is 28.6 Å². The number of nitrogens with zero attached hydrogens (tertiary/aromatic N) is 2. The molecular weight excluding hydrogens is 285 g/mol. The summed E-state index contributed by atoms with van der Waals surface area (Å²) in [5.74, 6) is 0.334. The van der Waals surface area contributed by atoms with Crippen molar-refractivity contribution in [1.82, 2.24) is 9.78 Å². The van der Waals surface area contributed by atoms with Crippen LogP contribution in [0.4, 0.5) is 13.2 Å². The quantitative estimate of drug-likeness (QED) is 0.944. The Morgan fingerprint density at radius 2 is 2.05 bits per heavy atom. The van der Waals surface area contributed by atoms with Crippen molar-refractivity contribution in [1.29, 1.82) is 0 Å². The number of hydrogen-bond acceptors (Lipinski definition) is 3. The minimum atomic E-state index is -4.42. The molecule has 0 aliphatic carbocycles.